The lowest BCUT2D eigenvalue weighted by Crippen LogP contribution is -2.41. The first-order valence-electron chi connectivity index (χ1n) is 8.70. The highest BCUT2D eigenvalue weighted by Gasteiger charge is 2.31. The second kappa shape index (κ2) is 8.52. The summed E-state index contributed by atoms with van der Waals surface area (Å²) in [6.45, 7) is 8.02. The second-order valence-corrected chi connectivity index (χ2v) is 7.89. The van der Waals surface area contributed by atoms with E-state index in [0.717, 1.165) is 10.6 Å². The first-order chi connectivity index (χ1) is 11.8. The predicted octanol–water partition coefficient (Wildman–Crippen LogP) is 3.43. The average molecular weight is 362 g/mol. The third kappa shape index (κ3) is 5.08. The standard InChI is InChI=1S/C19H26N2O3S/c1-12(2)18(23)14-9-10-21(17(22)11-14)15-5-7-16(8-6-15)25-20-19(24)13(3)4/h5-8,12-14H,9-11H2,1-4H3,(H,20,24). The van der Waals surface area contributed by atoms with E-state index in [1.54, 1.807) is 4.90 Å². The smallest absolute Gasteiger partial charge is 0.232 e. The number of nitrogens with one attached hydrogen (secondary N) is 1. The van der Waals surface area contributed by atoms with Gasteiger partial charge in [0.05, 0.1) is 0 Å². The highest BCUT2D eigenvalue weighted by atomic mass is 32.2. The fourth-order valence-corrected chi connectivity index (χ4v) is 3.47. The summed E-state index contributed by atoms with van der Waals surface area (Å²) in [5.41, 5.74) is 0.833. The van der Waals surface area contributed by atoms with Crippen molar-refractivity contribution in [1.29, 1.82) is 0 Å². The number of anilines is 1. The van der Waals surface area contributed by atoms with Crippen molar-refractivity contribution in [2.45, 2.75) is 45.4 Å². The zero-order chi connectivity index (χ0) is 18.6. The lowest BCUT2D eigenvalue weighted by molar-refractivity contribution is -0.131. The minimum atomic E-state index is -0.148. The van der Waals surface area contributed by atoms with Crippen LogP contribution >= 0.6 is 11.9 Å². The van der Waals surface area contributed by atoms with Gasteiger partial charge in [0.25, 0.3) is 0 Å². The number of carbonyl (C=O) groups excluding carboxylic acids is 3. The Bertz CT molecular complexity index is 641. The number of nitrogens with zero attached hydrogens (tertiary/aromatic N) is 1. The molecule has 0 aromatic heterocycles. The molecule has 136 valence electrons. The zero-order valence-electron chi connectivity index (χ0n) is 15.2. The molecule has 1 atom stereocenters. The second-order valence-electron chi connectivity index (χ2n) is 7.01. The molecule has 1 aromatic rings. The van der Waals surface area contributed by atoms with Crippen LogP contribution in [0.3, 0.4) is 0 Å². The summed E-state index contributed by atoms with van der Waals surface area (Å²) >= 11 is 1.27. The monoisotopic (exact) mass is 362 g/mol. The molecule has 1 aromatic carbocycles. The van der Waals surface area contributed by atoms with Crippen molar-refractivity contribution in [2.24, 2.45) is 17.8 Å². The number of Topliss-reactive ketones (excluding diaryl/α,β-unsaturated/α-hetero) is 1. The van der Waals surface area contributed by atoms with Crippen LogP contribution in [0.25, 0.3) is 0 Å². The predicted molar refractivity (Wildman–Crippen MR) is 100 cm³/mol. The fourth-order valence-electron chi connectivity index (χ4n) is 2.74. The van der Waals surface area contributed by atoms with Crippen LogP contribution in [-0.4, -0.2) is 24.1 Å². The molecule has 1 unspecified atom stereocenters. The first-order valence-corrected chi connectivity index (χ1v) is 9.52. The van der Waals surface area contributed by atoms with Gasteiger partial charge in [-0.3, -0.25) is 19.1 Å². The van der Waals surface area contributed by atoms with Gasteiger partial charge in [-0.2, -0.15) is 0 Å². The highest BCUT2D eigenvalue weighted by molar-refractivity contribution is 7.98. The summed E-state index contributed by atoms with van der Waals surface area (Å²) < 4.78 is 2.79. The molecule has 1 fully saturated rings. The lowest BCUT2D eigenvalue weighted by Gasteiger charge is -2.31. The SMILES string of the molecule is CC(C)C(=O)NSc1ccc(N2CCC(C(=O)C(C)C)CC2=O)cc1. The average Bonchev–Trinajstić information content (AvgIpc) is 2.59. The van der Waals surface area contributed by atoms with Gasteiger partial charge in [0, 0.05) is 41.3 Å². The molecule has 6 heteroatoms. The minimum absolute atomic E-state index is 0.00114. The van der Waals surface area contributed by atoms with E-state index >= 15 is 0 Å². The van der Waals surface area contributed by atoms with Crippen molar-refractivity contribution in [2.75, 3.05) is 11.4 Å². The van der Waals surface area contributed by atoms with Crippen LogP contribution in [0.2, 0.25) is 0 Å². The van der Waals surface area contributed by atoms with Gasteiger partial charge in [-0.15, -0.1) is 0 Å². The summed E-state index contributed by atoms with van der Waals surface area (Å²) in [7, 11) is 0. The number of hydrogen-bond donors (Lipinski definition) is 1. The van der Waals surface area contributed by atoms with E-state index in [0.29, 0.717) is 13.0 Å². The van der Waals surface area contributed by atoms with E-state index in [1.165, 1.54) is 11.9 Å². The lowest BCUT2D eigenvalue weighted by atomic mass is 9.86. The maximum atomic E-state index is 12.4. The van der Waals surface area contributed by atoms with Crippen molar-refractivity contribution in [3.63, 3.8) is 0 Å². The first kappa shape index (κ1) is 19.5. The van der Waals surface area contributed by atoms with Gasteiger partial charge in [0.15, 0.2) is 0 Å². The van der Waals surface area contributed by atoms with Crippen LogP contribution < -0.4 is 9.62 Å². The maximum Gasteiger partial charge on any atom is 0.232 e. The van der Waals surface area contributed by atoms with E-state index in [9.17, 15) is 14.4 Å². The van der Waals surface area contributed by atoms with Gasteiger partial charge in [-0.05, 0) is 42.6 Å². The van der Waals surface area contributed by atoms with E-state index in [4.69, 9.17) is 0 Å². The molecule has 1 heterocycles. The Morgan fingerprint density at radius 1 is 1.12 bits per heavy atom. The van der Waals surface area contributed by atoms with Crippen molar-refractivity contribution >= 4 is 35.2 Å². The molecule has 2 rings (SSSR count). The molecule has 1 aliphatic heterocycles. The van der Waals surface area contributed by atoms with Crippen LogP contribution in [0.4, 0.5) is 5.69 Å². The number of piperidine rings is 1. The third-order valence-corrected chi connectivity index (χ3v) is 5.15. The summed E-state index contributed by atoms with van der Waals surface area (Å²) in [5.74, 6) is -0.0636. The molecule has 2 amide bonds. The molecule has 0 spiro atoms. The third-order valence-electron chi connectivity index (χ3n) is 4.34. The Hall–Kier alpha value is -1.82. The zero-order valence-corrected chi connectivity index (χ0v) is 16.1. The Morgan fingerprint density at radius 3 is 2.28 bits per heavy atom. The molecule has 0 radical (unpaired) electrons. The van der Waals surface area contributed by atoms with Crippen molar-refractivity contribution in [3.05, 3.63) is 24.3 Å². The number of ketones is 1. The van der Waals surface area contributed by atoms with E-state index in [1.807, 2.05) is 52.0 Å². The number of carbonyl (C=O) groups is 3. The number of benzene rings is 1. The quantitative estimate of drug-likeness (QED) is 0.787. The van der Waals surface area contributed by atoms with Gasteiger partial charge >= 0.3 is 0 Å². The molecular weight excluding hydrogens is 336 g/mol. The van der Waals surface area contributed by atoms with Gasteiger partial charge < -0.3 is 4.90 Å². The molecule has 1 saturated heterocycles. The molecule has 1 N–H and O–H groups in total. The van der Waals surface area contributed by atoms with Crippen molar-refractivity contribution in [3.8, 4) is 0 Å². The van der Waals surface area contributed by atoms with Gasteiger partial charge in [0.2, 0.25) is 11.8 Å². The van der Waals surface area contributed by atoms with Gasteiger partial charge in [0.1, 0.15) is 5.78 Å². The van der Waals surface area contributed by atoms with Crippen molar-refractivity contribution < 1.29 is 14.4 Å². The molecule has 1 aliphatic rings. The largest absolute Gasteiger partial charge is 0.312 e. The normalized spacial score (nSPS) is 17.9. The van der Waals surface area contributed by atoms with Gasteiger partial charge in [-0.1, -0.05) is 27.7 Å². The summed E-state index contributed by atoms with van der Waals surface area (Å²) in [6, 6.07) is 7.54. The van der Waals surface area contributed by atoms with Crippen LogP contribution in [0.1, 0.15) is 40.5 Å². The minimum Gasteiger partial charge on any atom is -0.312 e. The molecular formula is C19H26N2O3S. The maximum absolute atomic E-state index is 12.4. The number of hydrogen-bond acceptors (Lipinski definition) is 4. The Balaban J connectivity index is 1.95. The molecule has 5 nitrogen and oxygen atoms in total. The van der Waals surface area contributed by atoms with E-state index in [2.05, 4.69) is 4.72 Å². The Kier molecular flexibility index (Phi) is 6.64. The van der Waals surface area contributed by atoms with E-state index in [-0.39, 0.29) is 41.8 Å². The summed E-state index contributed by atoms with van der Waals surface area (Å²) in [4.78, 5) is 38.8. The van der Waals surface area contributed by atoms with E-state index < -0.39 is 0 Å². The fraction of sp³-hybridized carbons (Fsp3) is 0.526. The Morgan fingerprint density at radius 2 is 1.76 bits per heavy atom. The molecule has 0 saturated carbocycles. The topological polar surface area (TPSA) is 66.5 Å². The summed E-state index contributed by atoms with van der Waals surface area (Å²) in [6.07, 6.45) is 1.00. The Labute approximate surface area is 153 Å². The molecule has 0 bridgehead atoms. The number of rotatable bonds is 6. The van der Waals surface area contributed by atoms with Crippen LogP contribution in [-0.2, 0) is 14.4 Å². The highest BCUT2D eigenvalue weighted by Crippen LogP contribution is 2.28. The van der Waals surface area contributed by atoms with Crippen LogP contribution in [0.5, 0.6) is 0 Å². The summed E-state index contributed by atoms with van der Waals surface area (Å²) in [5, 5.41) is 0. The molecule has 25 heavy (non-hydrogen) atoms. The van der Waals surface area contributed by atoms with Crippen molar-refractivity contribution in [1.82, 2.24) is 4.72 Å². The van der Waals surface area contributed by atoms with Gasteiger partial charge in [-0.25, -0.2) is 0 Å². The van der Waals surface area contributed by atoms with Crippen LogP contribution in [0.15, 0.2) is 29.2 Å². The number of amides is 2. The van der Waals surface area contributed by atoms with Crippen LogP contribution in [0, 0.1) is 17.8 Å². The molecule has 0 aliphatic carbocycles.